The molecule has 0 unspecified atom stereocenters. The molecule has 0 amide bonds. The first-order chi connectivity index (χ1) is 19.0. The molecule has 0 aliphatic heterocycles. The number of hydrogen-bond donors (Lipinski definition) is 0. The lowest BCUT2D eigenvalue weighted by Gasteiger charge is -2.36. The van der Waals surface area contributed by atoms with Crippen LogP contribution in [-0.2, 0) is 12.1 Å². The van der Waals surface area contributed by atoms with E-state index in [9.17, 15) is 0 Å². The molecule has 2 heterocycles. The number of rotatable bonds is 6. The van der Waals surface area contributed by atoms with Crippen LogP contribution in [0.25, 0.3) is 44.2 Å². The Morgan fingerprint density at radius 2 is 0.927 bits per heavy atom. The van der Waals surface area contributed by atoms with Gasteiger partial charge in [0.2, 0.25) is 0 Å². The molecule has 5 rings (SSSR count). The minimum Gasteiger partial charge on any atom is -0.459 e. The number of halogens is 1. The number of furan rings is 2. The van der Waals surface area contributed by atoms with Gasteiger partial charge in [0.1, 0.15) is 16.0 Å². The van der Waals surface area contributed by atoms with Crippen molar-refractivity contribution in [2.75, 3.05) is 0 Å². The summed E-state index contributed by atoms with van der Waals surface area (Å²) in [6.45, 7) is 24.2. The summed E-state index contributed by atoms with van der Waals surface area (Å²) in [6, 6.07) is 25.8. The Morgan fingerprint density at radius 3 is 1.24 bits per heavy atom. The van der Waals surface area contributed by atoms with Crippen molar-refractivity contribution in [2.45, 2.75) is 89.9 Å². The van der Waals surface area contributed by atoms with Crippen molar-refractivity contribution in [3.05, 3.63) is 82.7 Å². The van der Waals surface area contributed by atoms with E-state index in [0.29, 0.717) is 0 Å². The quantitative estimate of drug-likeness (QED) is 0.172. The van der Waals surface area contributed by atoms with E-state index in [0.717, 1.165) is 50.0 Å². The SMILES string of the molecule is CC(C)(C)[Si](C)(C)Cc1oc2c(Br)c3oc(C[Si](C)(C)C(C)(C)C)c(-c4ccccc4)c3cc2c1-c1ccccc1. The molecule has 216 valence electrons. The van der Waals surface area contributed by atoms with Crippen molar-refractivity contribution in [1.82, 2.24) is 0 Å². The molecule has 0 atom stereocenters. The summed E-state index contributed by atoms with van der Waals surface area (Å²) >= 11 is 4.00. The zero-order valence-corrected chi connectivity index (χ0v) is 30.0. The molecule has 0 spiro atoms. The van der Waals surface area contributed by atoms with Gasteiger partial charge in [0.05, 0.1) is 16.1 Å². The summed E-state index contributed by atoms with van der Waals surface area (Å²) in [5.74, 6) is 2.18. The lowest BCUT2D eigenvalue weighted by molar-refractivity contribution is 0.553. The lowest BCUT2D eigenvalue weighted by Crippen LogP contribution is -2.39. The average molecular weight is 646 g/mol. The second-order valence-electron chi connectivity index (χ2n) is 15.1. The zero-order chi connectivity index (χ0) is 30.0. The minimum absolute atomic E-state index is 0.254. The molecule has 0 saturated carbocycles. The van der Waals surface area contributed by atoms with E-state index in [2.05, 4.69) is 150 Å². The Kier molecular flexibility index (Phi) is 7.66. The van der Waals surface area contributed by atoms with Crippen LogP contribution in [-0.4, -0.2) is 16.1 Å². The molecule has 0 fully saturated rings. The first-order valence-corrected chi connectivity index (χ1v) is 22.0. The summed E-state index contributed by atoms with van der Waals surface area (Å²) in [5.41, 5.74) is 6.63. The third-order valence-corrected chi connectivity index (χ3v) is 21.4. The Labute approximate surface area is 256 Å². The predicted molar refractivity (Wildman–Crippen MR) is 186 cm³/mol. The monoisotopic (exact) mass is 644 g/mol. The van der Waals surface area contributed by atoms with Crippen LogP contribution in [0.2, 0.25) is 36.3 Å². The molecule has 0 bridgehead atoms. The highest BCUT2D eigenvalue weighted by molar-refractivity contribution is 9.10. The van der Waals surface area contributed by atoms with E-state index in [1.54, 1.807) is 0 Å². The van der Waals surface area contributed by atoms with E-state index in [1.165, 1.54) is 22.3 Å². The fourth-order valence-electron chi connectivity index (χ4n) is 5.26. The van der Waals surface area contributed by atoms with Crippen molar-refractivity contribution in [2.24, 2.45) is 0 Å². The van der Waals surface area contributed by atoms with Crippen LogP contribution in [0.4, 0.5) is 0 Å². The summed E-state index contributed by atoms with van der Waals surface area (Å²) in [5, 5.41) is 2.82. The average Bonchev–Trinajstić information content (AvgIpc) is 3.41. The molecule has 0 aliphatic carbocycles. The van der Waals surface area contributed by atoms with Crippen molar-refractivity contribution < 1.29 is 8.83 Å². The van der Waals surface area contributed by atoms with Crippen molar-refractivity contribution in [3.8, 4) is 22.3 Å². The van der Waals surface area contributed by atoms with E-state index < -0.39 is 16.1 Å². The molecule has 5 aromatic rings. The Bertz CT molecular complexity index is 1570. The van der Waals surface area contributed by atoms with E-state index in [-0.39, 0.29) is 10.1 Å². The third-order valence-electron chi connectivity index (χ3n) is 10.1. The van der Waals surface area contributed by atoms with Crippen LogP contribution in [0, 0.1) is 0 Å². The highest BCUT2D eigenvalue weighted by atomic mass is 79.9. The molecular formula is C36H45BrO2Si2. The largest absolute Gasteiger partial charge is 0.459 e. The first-order valence-electron chi connectivity index (χ1n) is 14.8. The maximum atomic E-state index is 6.87. The van der Waals surface area contributed by atoms with Gasteiger partial charge in [-0.3, -0.25) is 0 Å². The van der Waals surface area contributed by atoms with Gasteiger partial charge in [0, 0.05) is 34.0 Å². The van der Waals surface area contributed by atoms with Gasteiger partial charge < -0.3 is 8.83 Å². The number of fused-ring (bicyclic) bond motifs is 2. The smallest absolute Gasteiger partial charge is 0.152 e. The molecule has 0 radical (unpaired) electrons. The fraction of sp³-hybridized carbons (Fsp3) is 0.389. The summed E-state index contributed by atoms with van der Waals surface area (Å²) in [7, 11) is -3.36. The number of benzene rings is 3. The van der Waals surface area contributed by atoms with Gasteiger partial charge in [0.15, 0.2) is 11.2 Å². The Balaban J connectivity index is 1.84. The molecule has 41 heavy (non-hydrogen) atoms. The van der Waals surface area contributed by atoms with Crippen molar-refractivity contribution in [1.29, 1.82) is 0 Å². The van der Waals surface area contributed by atoms with Gasteiger partial charge in [-0.1, -0.05) is 128 Å². The third kappa shape index (κ3) is 5.46. The summed E-state index contributed by atoms with van der Waals surface area (Å²) in [6.07, 6.45) is 0. The van der Waals surface area contributed by atoms with Crippen LogP contribution in [0.5, 0.6) is 0 Å². The maximum absolute atomic E-state index is 6.87. The second-order valence-corrected chi connectivity index (χ2v) is 27.1. The summed E-state index contributed by atoms with van der Waals surface area (Å²) < 4.78 is 14.7. The van der Waals surface area contributed by atoms with Gasteiger partial charge in [-0.2, -0.15) is 0 Å². The predicted octanol–water partition coefficient (Wildman–Crippen LogP) is 12.5. The fourth-order valence-corrected chi connectivity index (χ4v) is 9.01. The van der Waals surface area contributed by atoms with Crippen molar-refractivity contribution in [3.63, 3.8) is 0 Å². The van der Waals surface area contributed by atoms with Crippen LogP contribution in [0.1, 0.15) is 53.1 Å². The molecule has 3 aromatic carbocycles. The van der Waals surface area contributed by atoms with Crippen molar-refractivity contribution >= 4 is 54.0 Å². The van der Waals surface area contributed by atoms with E-state index in [4.69, 9.17) is 8.83 Å². The van der Waals surface area contributed by atoms with Gasteiger partial charge in [-0.15, -0.1) is 0 Å². The number of hydrogen-bond acceptors (Lipinski definition) is 2. The summed E-state index contributed by atoms with van der Waals surface area (Å²) in [4.78, 5) is 0. The Morgan fingerprint density at radius 1 is 0.585 bits per heavy atom. The molecule has 5 heteroatoms. The topological polar surface area (TPSA) is 26.3 Å². The van der Waals surface area contributed by atoms with Crippen LogP contribution >= 0.6 is 15.9 Å². The standard InChI is InChI=1S/C36H45BrO2Si2/c1-35(2,3)40(7,8)22-28-30(24-17-13-11-14-18-24)26-21-27-31(25-19-15-12-16-20-25)29(23-41(9,10)36(4,5)6)39-34(27)32(37)33(26)38-28/h11-21H,22-23H2,1-10H3. The highest BCUT2D eigenvalue weighted by Crippen LogP contribution is 2.49. The van der Waals surface area contributed by atoms with Gasteiger partial charge in [0.25, 0.3) is 0 Å². The molecule has 0 saturated heterocycles. The Hall–Kier alpha value is -2.35. The van der Waals surface area contributed by atoms with Gasteiger partial charge >= 0.3 is 0 Å². The molecule has 0 aliphatic rings. The minimum atomic E-state index is -1.68. The first kappa shape index (κ1) is 30.1. The van der Waals surface area contributed by atoms with Crippen LogP contribution in [0.15, 0.2) is 80.0 Å². The highest BCUT2D eigenvalue weighted by Gasteiger charge is 2.39. The van der Waals surface area contributed by atoms with E-state index >= 15 is 0 Å². The van der Waals surface area contributed by atoms with Crippen LogP contribution in [0.3, 0.4) is 0 Å². The van der Waals surface area contributed by atoms with Gasteiger partial charge in [-0.25, -0.2) is 0 Å². The molecular weight excluding hydrogens is 600 g/mol. The maximum Gasteiger partial charge on any atom is 0.152 e. The zero-order valence-electron chi connectivity index (χ0n) is 26.5. The van der Waals surface area contributed by atoms with Gasteiger partial charge in [-0.05, 0) is 43.2 Å². The second kappa shape index (κ2) is 10.4. The normalized spacial score (nSPS) is 13.4. The molecule has 2 nitrogen and oxygen atoms in total. The molecule has 2 aromatic heterocycles. The van der Waals surface area contributed by atoms with E-state index in [1.807, 2.05) is 0 Å². The molecule has 0 N–H and O–H groups in total. The lowest BCUT2D eigenvalue weighted by atomic mass is 9.98. The van der Waals surface area contributed by atoms with Crippen LogP contribution < -0.4 is 0 Å².